The second-order valence-electron chi connectivity index (χ2n) is 2.97. The summed E-state index contributed by atoms with van der Waals surface area (Å²) in [5.41, 5.74) is 0. The topological polar surface area (TPSA) is 17.1 Å². The summed E-state index contributed by atoms with van der Waals surface area (Å²) in [5.74, 6) is 1.92. The molecule has 10 heavy (non-hydrogen) atoms. The third kappa shape index (κ3) is 3.35. The molecule has 0 amide bonds. The normalized spacial score (nSPS) is 24.8. The molecule has 0 radical (unpaired) electrons. The highest BCUT2D eigenvalue weighted by atomic mass is 32.2. The zero-order valence-electron chi connectivity index (χ0n) is 6.47. The van der Waals surface area contributed by atoms with E-state index in [-0.39, 0.29) is 0 Å². The van der Waals surface area contributed by atoms with Crippen molar-refractivity contribution in [1.82, 2.24) is 0 Å². The molecule has 0 aliphatic carbocycles. The van der Waals surface area contributed by atoms with Gasteiger partial charge in [0.15, 0.2) is 0 Å². The van der Waals surface area contributed by atoms with Gasteiger partial charge in [-0.3, -0.25) is 4.21 Å². The molecule has 1 nitrogen and oxygen atoms in total. The molecule has 0 N–H and O–H groups in total. The largest absolute Gasteiger partial charge is 0.260 e. The summed E-state index contributed by atoms with van der Waals surface area (Å²) in [6.07, 6.45) is 7.69. The van der Waals surface area contributed by atoms with Crippen molar-refractivity contribution >= 4 is 10.8 Å². The molecule has 1 heterocycles. The highest BCUT2D eigenvalue weighted by Gasteiger charge is 2.02. The van der Waals surface area contributed by atoms with Crippen LogP contribution in [0.4, 0.5) is 0 Å². The van der Waals surface area contributed by atoms with Gasteiger partial charge in [0, 0.05) is 22.3 Å². The van der Waals surface area contributed by atoms with Crippen LogP contribution in [0.25, 0.3) is 0 Å². The lowest BCUT2D eigenvalue weighted by atomic mass is 10.1. The summed E-state index contributed by atoms with van der Waals surface area (Å²) in [4.78, 5) is 0. The Balaban J connectivity index is 2.21. The van der Waals surface area contributed by atoms with E-state index >= 15 is 0 Å². The molecule has 2 heteroatoms. The lowest BCUT2D eigenvalue weighted by Gasteiger charge is -1.95. The van der Waals surface area contributed by atoms with Crippen LogP contribution in [0.1, 0.15) is 38.5 Å². The Morgan fingerprint density at radius 3 is 1.60 bits per heavy atom. The van der Waals surface area contributed by atoms with E-state index in [1.807, 2.05) is 0 Å². The van der Waals surface area contributed by atoms with Gasteiger partial charge in [0.05, 0.1) is 0 Å². The summed E-state index contributed by atoms with van der Waals surface area (Å²) in [7, 11) is -0.480. The molecule has 0 aromatic heterocycles. The Kier molecular flexibility index (Phi) is 4.03. The van der Waals surface area contributed by atoms with E-state index in [1.165, 1.54) is 38.5 Å². The molecule has 1 aliphatic heterocycles. The number of hydrogen-bond acceptors (Lipinski definition) is 1. The third-order valence-corrected chi connectivity index (χ3v) is 3.48. The summed E-state index contributed by atoms with van der Waals surface area (Å²) < 4.78 is 11.1. The van der Waals surface area contributed by atoms with E-state index < -0.39 is 10.8 Å². The van der Waals surface area contributed by atoms with Crippen LogP contribution in [0.5, 0.6) is 0 Å². The molecule has 1 rings (SSSR count). The minimum Gasteiger partial charge on any atom is -0.260 e. The lowest BCUT2D eigenvalue weighted by molar-refractivity contribution is 0.636. The van der Waals surface area contributed by atoms with Crippen LogP contribution in [-0.4, -0.2) is 15.7 Å². The summed E-state index contributed by atoms with van der Waals surface area (Å²) >= 11 is 0. The predicted molar refractivity (Wildman–Crippen MR) is 45.6 cm³/mol. The van der Waals surface area contributed by atoms with E-state index in [0.29, 0.717) is 0 Å². The van der Waals surface area contributed by atoms with E-state index in [0.717, 1.165) is 11.5 Å². The highest BCUT2D eigenvalue weighted by Crippen LogP contribution is 2.09. The molecule has 0 aromatic carbocycles. The fourth-order valence-corrected chi connectivity index (χ4v) is 2.59. The van der Waals surface area contributed by atoms with Crippen LogP contribution < -0.4 is 0 Å². The molecule has 1 fully saturated rings. The molecular formula is C8H16OS. The van der Waals surface area contributed by atoms with Gasteiger partial charge in [-0.25, -0.2) is 0 Å². The molecule has 0 bridgehead atoms. The van der Waals surface area contributed by atoms with Crippen LogP contribution in [0.15, 0.2) is 0 Å². The molecule has 0 aromatic rings. The number of hydrogen-bond donors (Lipinski definition) is 0. The van der Waals surface area contributed by atoms with E-state index in [1.54, 1.807) is 0 Å². The SMILES string of the molecule is O=S1CCCCCCCC1. The molecule has 0 atom stereocenters. The summed E-state index contributed by atoms with van der Waals surface area (Å²) in [6.45, 7) is 0. The maximum atomic E-state index is 11.1. The van der Waals surface area contributed by atoms with Crippen LogP contribution in [-0.2, 0) is 10.8 Å². The molecule has 0 saturated carbocycles. The second kappa shape index (κ2) is 4.89. The first-order chi connectivity index (χ1) is 4.89. The maximum Gasteiger partial charge on any atom is 0.0234 e. The zero-order chi connectivity index (χ0) is 7.23. The van der Waals surface area contributed by atoms with Crippen molar-refractivity contribution in [2.24, 2.45) is 0 Å². The Labute approximate surface area is 65.7 Å². The smallest absolute Gasteiger partial charge is 0.0234 e. The monoisotopic (exact) mass is 160 g/mol. The van der Waals surface area contributed by atoms with E-state index in [4.69, 9.17) is 0 Å². The second-order valence-corrected chi connectivity index (χ2v) is 4.67. The molecule has 1 aliphatic rings. The minimum absolute atomic E-state index is 0.480. The quantitative estimate of drug-likeness (QED) is 0.530. The lowest BCUT2D eigenvalue weighted by Crippen LogP contribution is -2.00. The standard InChI is InChI=1S/C8H16OS/c9-10-7-5-3-1-2-4-6-8-10/h1-8H2. The molecule has 60 valence electrons. The molecule has 1 saturated heterocycles. The first kappa shape index (κ1) is 8.25. The van der Waals surface area contributed by atoms with Gasteiger partial charge >= 0.3 is 0 Å². The Morgan fingerprint density at radius 1 is 0.700 bits per heavy atom. The molecular weight excluding hydrogens is 144 g/mol. The minimum atomic E-state index is -0.480. The van der Waals surface area contributed by atoms with Crippen LogP contribution in [0.2, 0.25) is 0 Å². The van der Waals surface area contributed by atoms with Crippen LogP contribution in [0.3, 0.4) is 0 Å². The number of rotatable bonds is 0. The fraction of sp³-hybridized carbons (Fsp3) is 1.00. The first-order valence-electron chi connectivity index (χ1n) is 4.24. The third-order valence-electron chi connectivity index (χ3n) is 1.99. The van der Waals surface area contributed by atoms with Crippen LogP contribution >= 0.6 is 0 Å². The Bertz CT molecular complexity index is 99.8. The van der Waals surface area contributed by atoms with E-state index in [9.17, 15) is 4.21 Å². The van der Waals surface area contributed by atoms with Crippen LogP contribution in [0, 0.1) is 0 Å². The average molecular weight is 160 g/mol. The highest BCUT2D eigenvalue weighted by molar-refractivity contribution is 7.84. The van der Waals surface area contributed by atoms with Crippen molar-refractivity contribution < 1.29 is 4.21 Å². The van der Waals surface area contributed by atoms with Crippen molar-refractivity contribution in [3.63, 3.8) is 0 Å². The van der Waals surface area contributed by atoms with Gasteiger partial charge in [-0.1, -0.05) is 25.7 Å². The Morgan fingerprint density at radius 2 is 1.10 bits per heavy atom. The van der Waals surface area contributed by atoms with Crippen molar-refractivity contribution in [1.29, 1.82) is 0 Å². The van der Waals surface area contributed by atoms with Crippen molar-refractivity contribution in [3.05, 3.63) is 0 Å². The molecule has 0 unspecified atom stereocenters. The van der Waals surface area contributed by atoms with Gasteiger partial charge in [-0.05, 0) is 12.8 Å². The Hall–Kier alpha value is 0.150. The predicted octanol–water partition coefficient (Wildman–Crippen LogP) is 2.09. The van der Waals surface area contributed by atoms with E-state index in [2.05, 4.69) is 0 Å². The fourth-order valence-electron chi connectivity index (χ4n) is 1.34. The van der Waals surface area contributed by atoms with Crippen molar-refractivity contribution in [3.8, 4) is 0 Å². The summed E-state index contributed by atoms with van der Waals surface area (Å²) in [6, 6.07) is 0. The summed E-state index contributed by atoms with van der Waals surface area (Å²) in [5, 5.41) is 0. The first-order valence-corrected chi connectivity index (χ1v) is 5.73. The van der Waals surface area contributed by atoms with Crippen molar-refractivity contribution in [2.75, 3.05) is 11.5 Å². The van der Waals surface area contributed by atoms with Gasteiger partial charge in [-0.2, -0.15) is 0 Å². The molecule has 0 spiro atoms. The van der Waals surface area contributed by atoms with Gasteiger partial charge in [0.25, 0.3) is 0 Å². The average Bonchev–Trinajstić information content (AvgIpc) is 2.02. The zero-order valence-corrected chi connectivity index (χ0v) is 7.29. The van der Waals surface area contributed by atoms with Crippen molar-refractivity contribution in [2.45, 2.75) is 38.5 Å². The van der Waals surface area contributed by atoms with Gasteiger partial charge in [0.1, 0.15) is 0 Å². The maximum absolute atomic E-state index is 11.1. The van der Waals surface area contributed by atoms with Gasteiger partial charge in [-0.15, -0.1) is 0 Å². The van der Waals surface area contributed by atoms with Gasteiger partial charge < -0.3 is 0 Å². The van der Waals surface area contributed by atoms with Gasteiger partial charge in [0.2, 0.25) is 0 Å².